The zero-order chi connectivity index (χ0) is 36.7. The number of halogens is 5. The Bertz CT molecular complexity index is 1790. The second-order valence-corrected chi connectivity index (χ2v) is 10.7. The first-order valence-corrected chi connectivity index (χ1v) is 15.0. The summed E-state index contributed by atoms with van der Waals surface area (Å²) in [5.74, 6) is 0.102. The lowest BCUT2D eigenvalue weighted by molar-refractivity contribution is -0.134. The lowest BCUT2D eigenvalue weighted by Gasteiger charge is -2.24. The third-order valence-electron chi connectivity index (χ3n) is 6.77. The maximum atomic E-state index is 14.1. The molecule has 1 aliphatic heterocycles. The van der Waals surface area contributed by atoms with Crippen molar-refractivity contribution >= 4 is 41.2 Å². The molecule has 1 amide bonds. The van der Waals surface area contributed by atoms with Crippen LogP contribution in [0.1, 0.15) is 60.8 Å². The van der Waals surface area contributed by atoms with Crippen LogP contribution in [0.4, 0.5) is 17.6 Å². The Morgan fingerprint density at radius 3 is 1.86 bits per heavy atom. The lowest BCUT2D eigenvalue weighted by Crippen LogP contribution is -2.28. The molecule has 8 nitrogen and oxygen atoms in total. The number of aliphatic carboxylic acids is 1. The molecule has 1 aliphatic rings. The minimum Gasteiger partial charge on any atom is -0.481 e. The van der Waals surface area contributed by atoms with Crippen LogP contribution >= 0.6 is 11.8 Å². The van der Waals surface area contributed by atoms with E-state index in [9.17, 15) is 27.2 Å². The van der Waals surface area contributed by atoms with Crippen LogP contribution in [0.2, 0.25) is 0 Å². The number of hydrogen-bond donors (Lipinski definition) is 3. The van der Waals surface area contributed by atoms with Gasteiger partial charge in [0.05, 0.1) is 17.3 Å². The molecule has 2 atom stereocenters. The molecular formula is C36H35ClF4N4O4. The Balaban J connectivity index is 0.000000290. The van der Waals surface area contributed by atoms with Gasteiger partial charge in [-0.2, -0.15) is 10.0 Å². The Labute approximate surface area is 286 Å². The van der Waals surface area contributed by atoms with Gasteiger partial charge >= 0.3 is 0 Å². The maximum Gasteiger partial charge on any atom is 0.300 e. The van der Waals surface area contributed by atoms with Gasteiger partial charge in [-0.15, -0.1) is 0 Å². The highest BCUT2D eigenvalue weighted by atomic mass is 35.5. The van der Waals surface area contributed by atoms with E-state index in [1.807, 2.05) is 67.6 Å². The van der Waals surface area contributed by atoms with Crippen molar-refractivity contribution in [2.75, 3.05) is 0 Å². The molecule has 0 aliphatic carbocycles. The monoisotopic (exact) mass is 698 g/mol. The molecular weight excluding hydrogens is 664 g/mol. The Hall–Kier alpha value is -5.17. The Kier molecular flexibility index (Phi) is 16.0. The second kappa shape index (κ2) is 19.6. The Morgan fingerprint density at radius 1 is 0.837 bits per heavy atom. The van der Waals surface area contributed by atoms with Crippen LogP contribution in [0, 0.1) is 29.2 Å². The molecule has 49 heavy (non-hydrogen) atoms. The maximum absolute atomic E-state index is 14.1. The Morgan fingerprint density at radius 2 is 1.33 bits per heavy atom. The van der Waals surface area contributed by atoms with Crippen LogP contribution in [0.15, 0.2) is 108 Å². The standard InChI is InChI=1S/C18H16F2N2O.C16H12F2O.C2H4O2.ClH3N2/c1-11-17(15-10-14(19)8-9-16(15)20)21-22(12(2)23)18(11)13-6-4-3-5-7-13;1-11(9-12-5-3-2-4-6-12)16(19)14-10-13(17)7-8-15(14)18;1-2(3)4;1-3-2/h3-11,18H,1-2H3;2-10H,1H3;1H3,(H,3,4);3H,2H2/b;11-9+;;/t11-,18-;;;/m1.../s1. The van der Waals surface area contributed by atoms with Crippen LogP contribution in [-0.4, -0.2) is 33.5 Å². The van der Waals surface area contributed by atoms with E-state index in [0.29, 0.717) is 11.3 Å². The van der Waals surface area contributed by atoms with E-state index in [2.05, 4.69) is 22.7 Å². The highest BCUT2D eigenvalue weighted by molar-refractivity contribution is 6.12. The van der Waals surface area contributed by atoms with Gasteiger partial charge in [0.2, 0.25) is 5.91 Å². The van der Waals surface area contributed by atoms with Crippen molar-refractivity contribution < 1.29 is 37.1 Å². The quantitative estimate of drug-likeness (QED) is 0.0487. The van der Waals surface area contributed by atoms with E-state index in [4.69, 9.17) is 9.90 Å². The largest absolute Gasteiger partial charge is 0.481 e. The van der Waals surface area contributed by atoms with Crippen LogP contribution in [0.25, 0.3) is 6.08 Å². The number of allylic oxidation sites excluding steroid dienone is 1. The highest BCUT2D eigenvalue weighted by Gasteiger charge is 2.38. The van der Waals surface area contributed by atoms with Crippen molar-refractivity contribution in [1.82, 2.24) is 9.95 Å². The van der Waals surface area contributed by atoms with Crippen molar-refractivity contribution in [2.24, 2.45) is 16.9 Å². The summed E-state index contributed by atoms with van der Waals surface area (Å²) in [6, 6.07) is 24.4. The zero-order valence-corrected chi connectivity index (χ0v) is 27.8. The number of hydrazone groups is 1. The molecule has 13 heteroatoms. The summed E-state index contributed by atoms with van der Waals surface area (Å²) in [6.07, 6.45) is 1.65. The minimum atomic E-state index is -0.833. The first-order valence-electron chi connectivity index (χ1n) is 14.6. The van der Waals surface area contributed by atoms with Crippen LogP contribution in [-0.2, 0) is 9.59 Å². The molecule has 0 unspecified atom stereocenters. The van der Waals surface area contributed by atoms with E-state index >= 15 is 0 Å². The van der Waals surface area contributed by atoms with Crippen molar-refractivity contribution in [3.05, 3.63) is 148 Å². The number of carbonyl (C=O) groups is 3. The van der Waals surface area contributed by atoms with Gasteiger partial charge in [0.25, 0.3) is 5.97 Å². The van der Waals surface area contributed by atoms with Crippen LogP contribution < -0.4 is 10.8 Å². The average Bonchev–Trinajstić information content (AvgIpc) is 3.41. The van der Waals surface area contributed by atoms with E-state index in [-0.39, 0.29) is 29.0 Å². The molecule has 5 rings (SSSR count). The number of Topliss-reactive ketones (excluding diaryl/α,β-unsaturated/α-hetero) is 1. The van der Waals surface area contributed by atoms with Crippen LogP contribution in [0.5, 0.6) is 0 Å². The fourth-order valence-corrected chi connectivity index (χ4v) is 4.72. The molecule has 0 aromatic heterocycles. The van der Waals surface area contributed by atoms with Crippen molar-refractivity contribution in [3.63, 3.8) is 0 Å². The molecule has 0 radical (unpaired) electrons. The molecule has 1 heterocycles. The lowest BCUT2D eigenvalue weighted by atomic mass is 9.88. The van der Waals surface area contributed by atoms with Gasteiger partial charge in [0, 0.05) is 25.3 Å². The molecule has 258 valence electrons. The highest BCUT2D eigenvalue weighted by Crippen LogP contribution is 2.38. The summed E-state index contributed by atoms with van der Waals surface area (Å²) in [5, 5.41) is 13.1. The molecule has 0 bridgehead atoms. The first-order chi connectivity index (χ1) is 23.2. The van der Waals surface area contributed by atoms with Gasteiger partial charge in [-0.1, -0.05) is 67.6 Å². The number of amides is 1. The number of carboxylic acids is 1. The SMILES string of the molecule is C/C(=C\c1ccccc1)C(=O)c1cc(F)ccc1F.CC(=O)N1N=C(c2cc(F)ccc2F)[C@@H](C)[C@@H]1c1ccccc1.CC(=O)O.NNCl. The number of rotatable bonds is 5. The smallest absolute Gasteiger partial charge is 0.300 e. The molecule has 0 saturated carbocycles. The van der Waals surface area contributed by atoms with Gasteiger partial charge in [-0.3, -0.25) is 20.2 Å². The molecule has 4 aromatic carbocycles. The molecule has 0 saturated heterocycles. The average molecular weight is 699 g/mol. The molecule has 4 N–H and O–H groups in total. The van der Waals surface area contributed by atoms with Crippen molar-refractivity contribution in [1.29, 1.82) is 0 Å². The minimum absolute atomic E-state index is 0.0992. The number of nitrogens with zero attached hydrogens (tertiary/aromatic N) is 2. The van der Waals surface area contributed by atoms with E-state index in [1.165, 1.54) is 11.9 Å². The predicted molar refractivity (Wildman–Crippen MR) is 181 cm³/mol. The molecule has 0 fully saturated rings. The number of carbonyl (C=O) groups excluding carboxylic acids is 2. The predicted octanol–water partition coefficient (Wildman–Crippen LogP) is 7.85. The fraction of sp³-hybridized carbons (Fsp3) is 0.167. The third kappa shape index (κ3) is 12.1. The number of nitrogens with two attached hydrogens (primary N) is 1. The number of carboxylic acid groups (broad SMARTS) is 1. The van der Waals surface area contributed by atoms with Crippen molar-refractivity contribution in [3.8, 4) is 0 Å². The summed E-state index contributed by atoms with van der Waals surface area (Å²) in [7, 11) is 0. The van der Waals surface area contributed by atoms with Crippen molar-refractivity contribution in [2.45, 2.75) is 33.7 Å². The molecule has 4 aromatic rings. The second-order valence-electron chi connectivity index (χ2n) is 10.4. The zero-order valence-electron chi connectivity index (χ0n) is 27.0. The summed E-state index contributed by atoms with van der Waals surface area (Å²) >= 11 is 4.53. The third-order valence-corrected chi connectivity index (χ3v) is 6.77. The summed E-state index contributed by atoms with van der Waals surface area (Å²) in [5.41, 5.74) is 2.34. The number of hydrazine groups is 1. The van der Waals surface area contributed by atoms with Gasteiger partial charge in [-0.05, 0) is 77.9 Å². The van der Waals surface area contributed by atoms with Gasteiger partial charge in [-0.25, -0.2) is 22.6 Å². The number of nitrogens with one attached hydrogen (secondary N) is 1. The van der Waals surface area contributed by atoms with Crippen LogP contribution in [0.3, 0.4) is 0 Å². The number of benzene rings is 4. The number of hydrogen-bond acceptors (Lipinski definition) is 6. The summed E-state index contributed by atoms with van der Waals surface area (Å²) < 4.78 is 54.2. The van der Waals surface area contributed by atoms with E-state index < -0.39 is 35.0 Å². The van der Waals surface area contributed by atoms with Gasteiger partial charge in [0.1, 0.15) is 23.3 Å². The number of ketones is 1. The first kappa shape index (κ1) is 40.0. The van der Waals surface area contributed by atoms with Gasteiger partial charge < -0.3 is 5.11 Å². The van der Waals surface area contributed by atoms with E-state index in [0.717, 1.165) is 54.4 Å². The fourth-order valence-electron chi connectivity index (χ4n) is 4.72. The normalized spacial score (nSPS) is 14.9. The summed E-state index contributed by atoms with van der Waals surface area (Å²) in [6.45, 7) is 5.94. The topological polar surface area (TPSA) is 125 Å². The van der Waals surface area contributed by atoms with Gasteiger partial charge in [0.15, 0.2) is 5.78 Å². The van der Waals surface area contributed by atoms with E-state index in [1.54, 1.807) is 17.9 Å². The summed E-state index contributed by atoms with van der Waals surface area (Å²) in [4.78, 5) is 34.7. The molecule has 0 spiro atoms.